The van der Waals surface area contributed by atoms with Gasteiger partial charge in [0.1, 0.15) is 4.90 Å². The molecular formula is C7H9ClN2O2S2. The fourth-order valence-corrected chi connectivity index (χ4v) is 2.44. The van der Waals surface area contributed by atoms with E-state index in [0.717, 1.165) is 4.31 Å². The summed E-state index contributed by atoms with van der Waals surface area (Å²) in [5, 5.41) is 0.225. The number of sulfonamides is 1. The smallest absolute Gasteiger partial charge is 0.245 e. The van der Waals surface area contributed by atoms with Crippen molar-refractivity contribution in [2.75, 3.05) is 14.1 Å². The van der Waals surface area contributed by atoms with Crippen molar-refractivity contribution in [2.24, 2.45) is 0 Å². The minimum Gasteiger partial charge on any atom is -0.365 e. The first-order valence-electron chi connectivity index (χ1n) is 3.66. The van der Waals surface area contributed by atoms with Gasteiger partial charge in [-0.05, 0) is 0 Å². The van der Waals surface area contributed by atoms with Gasteiger partial charge in [-0.2, -0.15) is 0 Å². The summed E-state index contributed by atoms with van der Waals surface area (Å²) in [4.78, 5) is 2.65. The van der Waals surface area contributed by atoms with E-state index in [0.29, 0.717) is 0 Å². The molecule has 0 aromatic carbocycles. The van der Waals surface area contributed by atoms with Crippen LogP contribution in [0.15, 0.2) is 17.3 Å². The maximum Gasteiger partial charge on any atom is 0.245 e. The van der Waals surface area contributed by atoms with E-state index >= 15 is 0 Å². The van der Waals surface area contributed by atoms with Crippen LogP contribution in [0.25, 0.3) is 0 Å². The second-order valence-corrected chi connectivity index (χ2v) is 5.72. The minimum absolute atomic E-state index is 0.0185. The van der Waals surface area contributed by atoms with Crippen molar-refractivity contribution in [3.63, 3.8) is 0 Å². The SMILES string of the molecule is CN(C)S(=O)(=O)c1c[nH]cc(Cl)c1=S. The van der Waals surface area contributed by atoms with E-state index in [-0.39, 0.29) is 14.4 Å². The maximum atomic E-state index is 11.7. The highest BCUT2D eigenvalue weighted by molar-refractivity contribution is 7.89. The van der Waals surface area contributed by atoms with E-state index in [9.17, 15) is 8.42 Å². The summed E-state index contributed by atoms with van der Waals surface area (Å²) < 4.78 is 24.6. The molecule has 4 nitrogen and oxygen atoms in total. The van der Waals surface area contributed by atoms with E-state index in [1.54, 1.807) is 0 Å². The first kappa shape index (κ1) is 11.6. The maximum absolute atomic E-state index is 11.7. The Hall–Kier alpha value is -0.430. The molecule has 0 aliphatic carbocycles. The first-order valence-corrected chi connectivity index (χ1v) is 5.89. The van der Waals surface area contributed by atoms with E-state index in [1.807, 2.05) is 0 Å². The standard InChI is InChI=1S/C7H9ClN2O2S2/c1-10(2)14(11,12)6-4-9-3-5(8)7(6)13/h3-4H,1-2H3,(H,9,13). The Labute approximate surface area is 92.6 Å². The van der Waals surface area contributed by atoms with Gasteiger partial charge in [-0.15, -0.1) is 0 Å². The Morgan fingerprint density at radius 2 is 2.00 bits per heavy atom. The number of rotatable bonds is 2. The predicted molar refractivity (Wildman–Crippen MR) is 57.5 cm³/mol. The molecule has 1 aromatic heterocycles. The number of aromatic amines is 1. The number of pyridine rings is 1. The van der Waals surface area contributed by atoms with E-state index < -0.39 is 10.0 Å². The summed E-state index contributed by atoms with van der Waals surface area (Å²) in [6, 6.07) is 0. The topological polar surface area (TPSA) is 53.2 Å². The van der Waals surface area contributed by atoms with Gasteiger partial charge in [-0.3, -0.25) is 0 Å². The Bertz CT molecular complexity index is 493. The van der Waals surface area contributed by atoms with Crippen LogP contribution < -0.4 is 0 Å². The first-order chi connectivity index (χ1) is 6.37. The molecule has 0 unspecified atom stereocenters. The van der Waals surface area contributed by atoms with Crippen LogP contribution in [-0.2, 0) is 10.0 Å². The summed E-state index contributed by atoms with van der Waals surface area (Å²) in [5.41, 5.74) is 0. The zero-order chi connectivity index (χ0) is 10.9. The normalized spacial score (nSPS) is 12.0. The lowest BCUT2D eigenvalue weighted by molar-refractivity contribution is 0.520. The number of halogens is 1. The van der Waals surface area contributed by atoms with Crippen molar-refractivity contribution in [1.82, 2.24) is 9.29 Å². The lowest BCUT2D eigenvalue weighted by Gasteiger charge is -2.11. The van der Waals surface area contributed by atoms with Gasteiger partial charge in [0.15, 0.2) is 0 Å². The molecule has 1 heterocycles. The van der Waals surface area contributed by atoms with Crippen LogP contribution in [-0.4, -0.2) is 31.8 Å². The molecule has 0 fully saturated rings. The summed E-state index contributed by atoms with van der Waals surface area (Å²) in [5.74, 6) is 0. The van der Waals surface area contributed by atoms with Crippen LogP contribution >= 0.6 is 23.8 Å². The monoisotopic (exact) mass is 252 g/mol. The Morgan fingerprint density at radius 1 is 1.43 bits per heavy atom. The summed E-state index contributed by atoms with van der Waals surface area (Å²) >= 11 is 10.6. The number of nitrogens with one attached hydrogen (secondary N) is 1. The van der Waals surface area contributed by atoms with Gasteiger partial charge in [0.2, 0.25) is 10.0 Å². The molecule has 0 bridgehead atoms. The fourth-order valence-electron chi connectivity index (χ4n) is 0.828. The molecule has 1 rings (SSSR count). The van der Waals surface area contributed by atoms with Crippen molar-refractivity contribution in [3.8, 4) is 0 Å². The van der Waals surface area contributed by atoms with Crippen LogP contribution in [0.1, 0.15) is 0 Å². The van der Waals surface area contributed by atoms with E-state index in [2.05, 4.69) is 4.98 Å². The minimum atomic E-state index is -3.52. The largest absolute Gasteiger partial charge is 0.365 e. The predicted octanol–water partition coefficient (Wildman–Crippen LogP) is 1.65. The lowest BCUT2D eigenvalue weighted by Crippen LogP contribution is -2.22. The third kappa shape index (κ3) is 1.98. The van der Waals surface area contributed by atoms with Gasteiger partial charge in [0.05, 0.1) is 9.53 Å². The molecule has 0 atom stereocenters. The van der Waals surface area contributed by atoms with Crippen molar-refractivity contribution >= 4 is 33.8 Å². The average Bonchev–Trinajstić information content (AvgIpc) is 2.09. The van der Waals surface area contributed by atoms with E-state index in [1.165, 1.54) is 26.5 Å². The van der Waals surface area contributed by atoms with Crippen LogP contribution in [0.3, 0.4) is 0 Å². The average molecular weight is 253 g/mol. The third-order valence-electron chi connectivity index (χ3n) is 1.62. The Kier molecular flexibility index (Phi) is 3.31. The lowest BCUT2D eigenvalue weighted by atomic mass is 10.5. The van der Waals surface area contributed by atoms with Gasteiger partial charge in [0, 0.05) is 26.5 Å². The van der Waals surface area contributed by atoms with Gasteiger partial charge in [-0.25, -0.2) is 12.7 Å². The zero-order valence-corrected chi connectivity index (χ0v) is 10.0. The second kappa shape index (κ2) is 3.98. The molecular weight excluding hydrogens is 244 g/mol. The molecule has 0 radical (unpaired) electrons. The van der Waals surface area contributed by atoms with Crippen molar-refractivity contribution in [2.45, 2.75) is 4.90 Å². The quantitative estimate of drug-likeness (QED) is 0.815. The molecule has 1 N–H and O–H groups in total. The number of aromatic nitrogens is 1. The molecule has 0 saturated carbocycles. The van der Waals surface area contributed by atoms with Crippen LogP contribution in [0, 0.1) is 4.51 Å². The number of nitrogens with zero attached hydrogens (tertiary/aromatic N) is 1. The number of hydrogen-bond donors (Lipinski definition) is 1. The second-order valence-electron chi connectivity index (χ2n) is 2.78. The highest BCUT2D eigenvalue weighted by Crippen LogP contribution is 2.19. The van der Waals surface area contributed by atoms with Crippen LogP contribution in [0.4, 0.5) is 0 Å². The van der Waals surface area contributed by atoms with Gasteiger partial charge in [-0.1, -0.05) is 23.8 Å². The molecule has 7 heteroatoms. The molecule has 0 aliphatic rings. The highest BCUT2D eigenvalue weighted by Gasteiger charge is 2.19. The van der Waals surface area contributed by atoms with Crippen molar-refractivity contribution in [1.29, 1.82) is 0 Å². The van der Waals surface area contributed by atoms with Crippen LogP contribution in [0.2, 0.25) is 5.02 Å². The third-order valence-corrected chi connectivity index (χ3v) is 4.44. The van der Waals surface area contributed by atoms with Gasteiger partial charge >= 0.3 is 0 Å². The summed E-state index contributed by atoms with van der Waals surface area (Å²) in [7, 11) is -0.646. The molecule has 0 amide bonds. The van der Waals surface area contributed by atoms with E-state index in [4.69, 9.17) is 23.8 Å². The highest BCUT2D eigenvalue weighted by atomic mass is 35.5. The van der Waals surface area contributed by atoms with Crippen molar-refractivity contribution < 1.29 is 8.42 Å². The Balaban J connectivity index is 3.50. The van der Waals surface area contributed by atoms with Gasteiger partial charge in [0.25, 0.3) is 0 Å². The van der Waals surface area contributed by atoms with Gasteiger partial charge < -0.3 is 4.98 Å². The molecule has 0 saturated heterocycles. The number of H-pyrrole nitrogens is 1. The number of hydrogen-bond acceptors (Lipinski definition) is 3. The fraction of sp³-hybridized carbons (Fsp3) is 0.286. The molecule has 78 valence electrons. The van der Waals surface area contributed by atoms with Crippen molar-refractivity contribution in [3.05, 3.63) is 21.9 Å². The zero-order valence-electron chi connectivity index (χ0n) is 7.61. The molecule has 0 aliphatic heterocycles. The summed E-state index contributed by atoms with van der Waals surface area (Å²) in [6.07, 6.45) is 2.77. The Morgan fingerprint density at radius 3 is 2.50 bits per heavy atom. The van der Waals surface area contributed by atoms with Crippen LogP contribution in [0.5, 0.6) is 0 Å². The summed E-state index contributed by atoms with van der Waals surface area (Å²) in [6.45, 7) is 0. The molecule has 1 aromatic rings. The molecule has 0 spiro atoms. The molecule has 14 heavy (non-hydrogen) atoms.